The van der Waals surface area contributed by atoms with Gasteiger partial charge in [0.2, 0.25) is 5.95 Å². The number of hydrogen-bond acceptors (Lipinski definition) is 5. The molecule has 0 fully saturated rings. The van der Waals surface area contributed by atoms with Gasteiger partial charge in [-0.3, -0.25) is 19.6 Å². The van der Waals surface area contributed by atoms with Crippen LogP contribution in [0.3, 0.4) is 0 Å². The molecule has 0 spiro atoms. The number of benzene rings is 1. The minimum absolute atomic E-state index is 0.240. The number of carbonyl (C=O) groups excluding carboxylic acids is 2. The summed E-state index contributed by atoms with van der Waals surface area (Å²) in [6.45, 7) is 6.83. The number of carbonyl (C=O) groups is 2. The highest BCUT2D eigenvalue weighted by atomic mass is 16.5. The van der Waals surface area contributed by atoms with Crippen molar-refractivity contribution in [3.05, 3.63) is 35.7 Å². The summed E-state index contributed by atoms with van der Waals surface area (Å²) in [7, 11) is 0. The van der Waals surface area contributed by atoms with E-state index in [2.05, 4.69) is 15.4 Å². The molecule has 9 nitrogen and oxygen atoms in total. The number of nitrogens with zero attached hydrogens (tertiary/aromatic N) is 4. The summed E-state index contributed by atoms with van der Waals surface area (Å²) in [5, 5.41) is 7.20. The molecule has 0 radical (unpaired) electrons. The first-order valence-electron chi connectivity index (χ1n) is 9.20. The second-order valence-corrected chi connectivity index (χ2v) is 6.41. The molecule has 0 aliphatic carbocycles. The van der Waals surface area contributed by atoms with Crippen molar-refractivity contribution in [3.63, 3.8) is 0 Å². The molecule has 1 aromatic carbocycles. The van der Waals surface area contributed by atoms with Gasteiger partial charge in [0.25, 0.3) is 11.8 Å². The SMILES string of the molecule is CCCn1c(NC(=O)c2cc(C)nn2CC)nc2c(OCC(N)=O)cccc21. The average Bonchev–Trinajstić information content (AvgIpc) is 3.21. The topological polar surface area (TPSA) is 117 Å². The minimum Gasteiger partial charge on any atom is -0.481 e. The van der Waals surface area contributed by atoms with Crippen LogP contribution in [0.15, 0.2) is 24.3 Å². The standard InChI is InChI=1S/C19H24N6O3/c1-4-9-24-13-7-6-8-15(28-11-16(20)26)17(13)21-19(24)22-18(27)14-10-12(3)23-25(14)5-2/h6-8,10H,4-5,9,11H2,1-3H3,(H2,20,26)(H,21,22,27). The van der Waals surface area contributed by atoms with Crippen molar-refractivity contribution in [2.24, 2.45) is 5.73 Å². The number of imidazole rings is 1. The van der Waals surface area contributed by atoms with Crippen molar-refractivity contribution in [1.82, 2.24) is 19.3 Å². The maximum Gasteiger partial charge on any atom is 0.276 e. The van der Waals surface area contributed by atoms with Crippen molar-refractivity contribution >= 4 is 28.8 Å². The third-order valence-corrected chi connectivity index (χ3v) is 4.22. The monoisotopic (exact) mass is 384 g/mol. The highest BCUT2D eigenvalue weighted by Crippen LogP contribution is 2.28. The molecule has 0 saturated carbocycles. The number of primary amides is 1. The number of ether oxygens (including phenoxy) is 1. The first-order chi connectivity index (χ1) is 13.4. The fourth-order valence-corrected chi connectivity index (χ4v) is 3.07. The molecule has 9 heteroatoms. The second kappa shape index (κ2) is 8.12. The Labute approximate surface area is 162 Å². The number of rotatable bonds is 8. The van der Waals surface area contributed by atoms with Crippen LogP contribution in [0, 0.1) is 6.92 Å². The highest BCUT2D eigenvalue weighted by Gasteiger charge is 2.19. The Bertz CT molecular complexity index is 1020. The quantitative estimate of drug-likeness (QED) is 0.617. The summed E-state index contributed by atoms with van der Waals surface area (Å²) in [4.78, 5) is 28.4. The molecular formula is C19H24N6O3. The van der Waals surface area contributed by atoms with Gasteiger partial charge < -0.3 is 15.0 Å². The lowest BCUT2D eigenvalue weighted by Gasteiger charge is -2.09. The van der Waals surface area contributed by atoms with Gasteiger partial charge in [0.15, 0.2) is 6.61 Å². The molecule has 3 N–H and O–H groups in total. The molecule has 3 aromatic rings. The smallest absolute Gasteiger partial charge is 0.276 e. The number of anilines is 1. The Morgan fingerprint density at radius 3 is 2.75 bits per heavy atom. The maximum absolute atomic E-state index is 12.8. The van der Waals surface area contributed by atoms with Crippen LogP contribution in [0.25, 0.3) is 11.0 Å². The van der Waals surface area contributed by atoms with Gasteiger partial charge in [-0.15, -0.1) is 0 Å². The fourth-order valence-electron chi connectivity index (χ4n) is 3.07. The predicted octanol–water partition coefficient (Wildman–Crippen LogP) is 2.09. The molecule has 2 amide bonds. The number of hydrogen-bond donors (Lipinski definition) is 2. The molecule has 28 heavy (non-hydrogen) atoms. The van der Waals surface area contributed by atoms with E-state index in [1.54, 1.807) is 16.8 Å². The number of nitrogens with one attached hydrogen (secondary N) is 1. The molecular weight excluding hydrogens is 360 g/mol. The van der Waals surface area contributed by atoms with Crippen LogP contribution in [-0.4, -0.2) is 37.8 Å². The maximum atomic E-state index is 12.8. The van der Waals surface area contributed by atoms with Gasteiger partial charge in [0.05, 0.1) is 11.2 Å². The third-order valence-electron chi connectivity index (χ3n) is 4.22. The Morgan fingerprint density at radius 2 is 2.07 bits per heavy atom. The average molecular weight is 384 g/mol. The van der Waals surface area contributed by atoms with E-state index in [1.165, 1.54) is 0 Å². The van der Waals surface area contributed by atoms with Gasteiger partial charge in [-0.25, -0.2) is 4.98 Å². The molecule has 148 valence electrons. The molecule has 2 heterocycles. The number of aromatic nitrogens is 4. The van der Waals surface area contributed by atoms with E-state index < -0.39 is 5.91 Å². The number of nitrogens with two attached hydrogens (primary N) is 1. The summed E-state index contributed by atoms with van der Waals surface area (Å²) in [5.74, 6) is 0.00556. The molecule has 0 bridgehead atoms. The van der Waals surface area contributed by atoms with E-state index in [-0.39, 0.29) is 12.5 Å². The summed E-state index contributed by atoms with van der Waals surface area (Å²) in [5.41, 5.74) is 7.79. The van der Waals surface area contributed by atoms with Gasteiger partial charge >= 0.3 is 0 Å². The number of amides is 2. The van der Waals surface area contributed by atoms with Crippen molar-refractivity contribution in [3.8, 4) is 5.75 Å². The number of fused-ring (bicyclic) bond motifs is 1. The fraction of sp³-hybridized carbons (Fsp3) is 0.368. The zero-order chi connectivity index (χ0) is 20.3. The lowest BCUT2D eigenvalue weighted by Crippen LogP contribution is -2.20. The van der Waals surface area contributed by atoms with Crippen LogP contribution >= 0.6 is 0 Å². The molecule has 0 atom stereocenters. The molecule has 2 aromatic heterocycles. The molecule has 0 aliphatic rings. The first kappa shape index (κ1) is 19.4. The lowest BCUT2D eigenvalue weighted by molar-refractivity contribution is -0.119. The zero-order valence-electron chi connectivity index (χ0n) is 16.2. The highest BCUT2D eigenvalue weighted by molar-refractivity contribution is 6.03. The van der Waals surface area contributed by atoms with Crippen LogP contribution in [-0.2, 0) is 17.9 Å². The predicted molar refractivity (Wildman–Crippen MR) is 105 cm³/mol. The van der Waals surface area contributed by atoms with E-state index in [1.807, 2.05) is 37.5 Å². The minimum atomic E-state index is -0.568. The summed E-state index contributed by atoms with van der Waals surface area (Å²) in [6.07, 6.45) is 0.854. The van der Waals surface area contributed by atoms with Crippen molar-refractivity contribution in [1.29, 1.82) is 0 Å². The van der Waals surface area contributed by atoms with Crippen LogP contribution < -0.4 is 15.8 Å². The lowest BCUT2D eigenvalue weighted by atomic mass is 10.3. The summed E-state index contributed by atoms with van der Waals surface area (Å²) >= 11 is 0. The Morgan fingerprint density at radius 1 is 1.29 bits per heavy atom. The van der Waals surface area contributed by atoms with Crippen LogP contribution in [0.1, 0.15) is 36.5 Å². The van der Waals surface area contributed by atoms with Crippen molar-refractivity contribution in [2.45, 2.75) is 40.3 Å². The van der Waals surface area contributed by atoms with Crippen molar-refractivity contribution < 1.29 is 14.3 Å². The van der Waals surface area contributed by atoms with Gasteiger partial charge in [0.1, 0.15) is 17.0 Å². The molecule has 0 unspecified atom stereocenters. The van der Waals surface area contributed by atoms with Crippen molar-refractivity contribution in [2.75, 3.05) is 11.9 Å². The third kappa shape index (κ3) is 3.83. The zero-order valence-corrected chi connectivity index (χ0v) is 16.2. The van der Waals surface area contributed by atoms with Gasteiger partial charge in [-0.1, -0.05) is 13.0 Å². The number of aryl methyl sites for hydroxylation is 3. The van der Waals surface area contributed by atoms with Crippen LogP contribution in [0.2, 0.25) is 0 Å². The molecule has 3 rings (SSSR count). The van der Waals surface area contributed by atoms with Gasteiger partial charge in [0, 0.05) is 13.1 Å². The van der Waals surface area contributed by atoms with E-state index in [0.29, 0.717) is 36.0 Å². The Hall–Kier alpha value is -3.36. The Kier molecular flexibility index (Phi) is 5.62. The van der Waals surface area contributed by atoms with Gasteiger partial charge in [-0.2, -0.15) is 5.10 Å². The molecule has 0 saturated heterocycles. The number of para-hydroxylation sites is 1. The normalized spacial score (nSPS) is 11.0. The first-order valence-corrected chi connectivity index (χ1v) is 9.20. The second-order valence-electron chi connectivity index (χ2n) is 6.41. The van der Waals surface area contributed by atoms with Gasteiger partial charge in [-0.05, 0) is 38.5 Å². The van der Waals surface area contributed by atoms with E-state index >= 15 is 0 Å². The summed E-state index contributed by atoms with van der Waals surface area (Å²) in [6, 6.07) is 7.17. The Balaban J connectivity index is 1.99. The largest absolute Gasteiger partial charge is 0.481 e. The van der Waals surface area contributed by atoms with Crippen LogP contribution in [0.5, 0.6) is 5.75 Å². The van der Waals surface area contributed by atoms with E-state index in [0.717, 1.165) is 17.6 Å². The summed E-state index contributed by atoms with van der Waals surface area (Å²) < 4.78 is 9.05. The molecule has 0 aliphatic heterocycles. The van der Waals surface area contributed by atoms with E-state index in [9.17, 15) is 9.59 Å². The van der Waals surface area contributed by atoms with E-state index in [4.69, 9.17) is 10.5 Å². The van der Waals surface area contributed by atoms with Crippen LogP contribution in [0.4, 0.5) is 5.95 Å².